The Labute approximate surface area is 124 Å². The van der Waals surface area contributed by atoms with Crippen LogP contribution in [0.15, 0.2) is 6.20 Å². The molecule has 5 nitrogen and oxygen atoms in total. The molecule has 0 radical (unpaired) electrons. The van der Waals surface area contributed by atoms with Crippen molar-refractivity contribution in [3.05, 3.63) is 27.0 Å². The molecule has 2 N–H and O–H groups in total. The fourth-order valence-electron chi connectivity index (χ4n) is 1.37. The predicted molar refractivity (Wildman–Crippen MR) is 73.1 cm³/mol. The number of hydrogen-bond acceptors (Lipinski definition) is 3. The average Bonchev–Trinajstić information content (AvgIpc) is 2.35. The minimum absolute atomic E-state index is 0.00542. The summed E-state index contributed by atoms with van der Waals surface area (Å²) >= 11 is 17.3. The van der Waals surface area contributed by atoms with E-state index in [0.29, 0.717) is 12.8 Å². The van der Waals surface area contributed by atoms with Crippen molar-refractivity contribution in [1.82, 2.24) is 10.3 Å². The molecule has 1 amide bonds. The quantitative estimate of drug-likeness (QED) is 0.872. The van der Waals surface area contributed by atoms with Gasteiger partial charge in [-0.3, -0.25) is 4.79 Å². The number of carboxylic acids is 1. The molecular weight excluding hydrogens is 314 g/mol. The van der Waals surface area contributed by atoms with Gasteiger partial charge in [0.1, 0.15) is 11.7 Å². The zero-order valence-corrected chi connectivity index (χ0v) is 12.2. The smallest absolute Gasteiger partial charge is 0.326 e. The van der Waals surface area contributed by atoms with Gasteiger partial charge in [-0.15, -0.1) is 0 Å². The molecule has 1 rings (SSSR count). The third-order valence-electron chi connectivity index (χ3n) is 2.31. The number of nitrogens with zero attached hydrogens (tertiary/aromatic N) is 1. The van der Waals surface area contributed by atoms with Gasteiger partial charge in [0.25, 0.3) is 5.91 Å². The summed E-state index contributed by atoms with van der Waals surface area (Å²) in [6.45, 7) is 1.81. The number of aromatic nitrogens is 1. The second-order valence-corrected chi connectivity index (χ2v) is 4.90. The van der Waals surface area contributed by atoms with Crippen molar-refractivity contribution in [3.8, 4) is 0 Å². The van der Waals surface area contributed by atoms with Crippen molar-refractivity contribution in [3.63, 3.8) is 0 Å². The zero-order chi connectivity index (χ0) is 14.6. The molecule has 0 aliphatic carbocycles. The lowest BCUT2D eigenvalue weighted by Gasteiger charge is -2.14. The Bertz CT molecular complexity index is 508. The Morgan fingerprint density at radius 3 is 2.53 bits per heavy atom. The SMILES string of the molecule is CCC[C@@H](NC(=O)c1ncc(Cl)c(Cl)c1Cl)C(=O)O. The van der Waals surface area contributed by atoms with Crippen LogP contribution in [0, 0.1) is 0 Å². The summed E-state index contributed by atoms with van der Waals surface area (Å²) in [6, 6.07) is -0.996. The van der Waals surface area contributed by atoms with E-state index in [1.807, 2.05) is 6.92 Å². The number of nitrogens with one attached hydrogen (secondary N) is 1. The predicted octanol–water partition coefficient (Wildman–Crippen LogP) is 3.02. The van der Waals surface area contributed by atoms with Crippen molar-refractivity contribution < 1.29 is 14.7 Å². The second kappa shape index (κ2) is 6.93. The molecule has 0 aliphatic rings. The van der Waals surface area contributed by atoms with Crippen molar-refractivity contribution in [2.75, 3.05) is 0 Å². The van der Waals surface area contributed by atoms with E-state index < -0.39 is 17.9 Å². The fourth-order valence-corrected chi connectivity index (χ4v) is 1.94. The molecule has 19 heavy (non-hydrogen) atoms. The first-order chi connectivity index (χ1) is 8.88. The van der Waals surface area contributed by atoms with Crippen LogP contribution in [0.3, 0.4) is 0 Å². The number of carbonyl (C=O) groups is 2. The molecule has 0 unspecified atom stereocenters. The summed E-state index contributed by atoms with van der Waals surface area (Å²) in [5.41, 5.74) is -0.154. The summed E-state index contributed by atoms with van der Waals surface area (Å²) in [4.78, 5) is 26.6. The highest BCUT2D eigenvalue weighted by molar-refractivity contribution is 6.48. The lowest BCUT2D eigenvalue weighted by Crippen LogP contribution is -2.41. The molecule has 1 heterocycles. The van der Waals surface area contributed by atoms with Crippen LogP contribution in [-0.2, 0) is 4.79 Å². The Hall–Kier alpha value is -1.04. The van der Waals surface area contributed by atoms with Crippen LogP contribution in [0.2, 0.25) is 15.1 Å². The first-order valence-electron chi connectivity index (χ1n) is 5.41. The van der Waals surface area contributed by atoms with E-state index in [4.69, 9.17) is 39.9 Å². The fraction of sp³-hybridized carbons (Fsp3) is 0.364. The number of hydrogen-bond donors (Lipinski definition) is 2. The van der Waals surface area contributed by atoms with Gasteiger partial charge in [-0.25, -0.2) is 9.78 Å². The van der Waals surface area contributed by atoms with Crippen molar-refractivity contribution in [2.24, 2.45) is 0 Å². The van der Waals surface area contributed by atoms with Crippen LogP contribution >= 0.6 is 34.8 Å². The molecule has 0 aromatic carbocycles. The van der Waals surface area contributed by atoms with E-state index in [-0.39, 0.29) is 20.8 Å². The van der Waals surface area contributed by atoms with Gasteiger partial charge in [-0.05, 0) is 6.42 Å². The minimum Gasteiger partial charge on any atom is -0.480 e. The maximum Gasteiger partial charge on any atom is 0.326 e. The Morgan fingerprint density at radius 1 is 1.37 bits per heavy atom. The highest BCUT2D eigenvalue weighted by atomic mass is 35.5. The number of halogens is 3. The molecule has 0 fully saturated rings. The normalized spacial score (nSPS) is 12.0. The monoisotopic (exact) mass is 324 g/mol. The van der Waals surface area contributed by atoms with Gasteiger partial charge in [-0.1, -0.05) is 48.1 Å². The topological polar surface area (TPSA) is 79.3 Å². The first kappa shape index (κ1) is 16.0. The number of carboxylic acid groups (broad SMARTS) is 1. The van der Waals surface area contributed by atoms with E-state index in [0.717, 1.165) is 0 Å². The molecule has 104 valence electrons. The van der Waals surface area contributed by atoms with Crippen LogP contribution in [-0.4, -0.2) is 28.0 Å². The van der Waals surface area contributed by atoms with Crippen molar-refractivity contribution in [1.29, 1.82) is 0 Å². The minimum atomic E-state index is -1.12. The summed E-state index contributed by atoms with van der Waals surface area (Å²) in [5, 5.41) is 11.3. The Morgan fingerprint density at radius 2 is 2.00 bits per heavy atom. The first-order valence-corrected chi connectivity index (χ1v) is 6.55. The van der Waals surface area contributed by atoms with Crippen molar-refractivity contribution >= 4 is 46.7 Å². The summed E-state index contributed by atoms with van der Waals surface area (Å²) in [6.07, 6.45) is 2.10. The molecule has 1 aromatic rings. The number of pyridine rings is 1. The molecule has 0 aliphatic heterocycles. The van der Waals surface area contributed by atoms with Gasteiger partial charge in [0.15, 0.2) is 0 Å². The largest absolute Gasteiger partial charge is 0.480 e. The molecule has 0 saturated carbocycles. The zero-order valence-electron chi connectivity index (χ0n) is 9.91. The number of aliphatic carboxylic acids is 1. The third-order valence-corrected chi connectivity index (χ3v) is 3.55. The Kier molecular flexibility index (Phi) is 5.85. The van der Waals surface area contributed by atoms with Gasteiger partial charge < -0.3 is 10.4 Å². The van der Waals surface area contributed by atoms with Crippen LogP contribution in [0.1, 0.15) is 30.3 Å². The molecule has 1 atom stereocenters. The molecule has 0 saturated heterocycles. The standard InChI is InChI=1S/C11H11Cl3N2O3/c1-2-3-6(11(18)19)16-10(17)9-8(14)7(13)5(12)4-15-9/h4,6H,2-3H2,1H3,(H,16,17)(H,18,19)/t6-/m1/s1. The number of carbonyl (C=O) groups excluding carboxylic acids is 1. The Balaban J connectivity index is 2.95. The maximum atomic E-state index is 11.9. The lowest BCUT2D eigenvalue weighted by atomic mass is 10.1. The number of amides is 1. The van der Waals surface area contributed by atoms with Crippen LogP contribution in [0.25, 0.3) is 0 Å². The summed E-state index contributed by atoms with van der Waals surface area (Å²) in [5.74, 6) is -1.82. The lowest BCUT2D eigenvalue weighted by molar-refractivity contribution is -0.139. The van der Waals surface area contributed by atoms with Crippen LogP contribution in [0.4, 0.5) is 0 Å². The highest BCUT2D eigenvalue weighted by Gasteiger charge is 2.23. The molecule has 8 heteroatoms. The van der Waals surface area contributed by atoms with E-state index in [2.05, 4.69) is 10.3 Å². The van der Waals surface area contributed by atoms with Gasteiger partial charge in [0.2, 0.25) is 0 Å². The van der Waals surface area contributed by atoms with Gasteiger partial charge >= 0.3 is 5.97 Å². The third kappa shape index (κ3) is 3.96. The van der Waals surface area contributed by atoms with E-state index in [9.17, 15) is 9.59 Å². The summed E-state index contributed by atoms with van der Waals surface area (Å²) < 4.78 is 0. The number of rotatable bonds is 5. The van der Waals surface area contributed by atoms with Gasteiger partial charge in [0.05, 0.1) is 15.1 Å². The van der Waals surface area contributed by atoms with E-state index >= 15 is 0 Å². The van der Waals surface area contributed by atoms with Gasteiger partial charge in [0, 0.05) is 6.20 Å². The average molecular weight is 326 g/mol. The highest BCUT2D eigenvalue weighted by Crippen LogP contribution is 2.31. The second-order valence-electron chi connectivity index (χ2n) is 3.74. The maximum absolute atomic E-state index is 11.9. The molecule has 0 bridgehead atoms. The summed E-state index contributed by atoms with van der Waals surface area (Å²) in [7, 11) is 0. The van der Waals surface area contributed by atoms with Crippen molar-refractivity contribution in [2.45, 2.75) is 25.8 Å². The molecular formula is C11H11Cl3N2O3. The molecule has 1 aromatic heterocycles. The van der Waals surface area contributed by atoms with E-state index in [1.165, 1.54) is 6.20 Å². The van der Waals surface area contributed by atoms with Crippen LogP contribution < -0.4 is 5.32 Å². The van der Waals surface area contributed by atoms with Gasteiger partial charge in [-0.2, -0.15) is 0 Å². The van der Waals surface area contributed by atoms with E-state index in [1.54, 1.807) is 0 Å². The molecule has 0 spiro atoms. The van der Waals surface area contributed by atoms with Crippen LogP contribution in [0.5, 0.6) is 0 Å².